The van der Waals surface area contributed by atoms with Crippen molar-refractivity contribution in [3.63, 3.8) is 0 Å². The van der Waals surface area contributed by atoms with Crippen molar-refractivity contribution in [2.75, 3.05) is 26.8 Å². The number of morpholine rings is 1. The van der Waals surface area contributed by atoms with Gasteiger partial charge in [0.25, 0.3) is 0 Å². The van der Waals surface area contributed by atoms with Gasteiger partial charge in [-0.05, 0) is 12.5 Å². The third-order valence-corrected chi connectivity index (χ3v) is 4.29. The average molecular weight is 411 g/mol. The number of Topliss-reactive ketones (excluding diaryl/α,β-unsaturated/α-hetero) is 1. The Kier molecular flexibility index (Phi) is 5.85. The van der Waals surface area contributed by atoms with Gasteiger partial charge in [0, 0.05) is 13.1 Å². The van der Waals surface area contributed by atoms with Gasteiger partial charge >= 0.3 is 5.97 Å². The number of nitrogens with one attached hydrogen (secondary N) is 1. The number of benzene rings is 1. The topological polar surface area (TPSA) is 64.6 Å². The van der Waals surface area contributed by atoms with Crippen molar-refractivity contribution in [2.45, 2.75) is 17.4 Å². The number of methoxy groups -OCH3 is 1. The molecule has 1 fully saturated rings. The Morgan fingerprint density at radius 3 is 2.83 bits per heavy atom. The molecule has 1 aromatic carbocycles. The molecule has 2 rings (SSSR count). The van der Waals surface area contributed by atoms with Crippen molar-refractivity contribution < 1.29 is 33.6 Å². The molecule has 0 amide bonds. The monoisotopic (exact) mass is 410 g/mol. The van der Waals surface area contributed by atoms with E-state index in [2.05, 4.69) is 20.7 Å². The highest BCUT2D eigenvalue weighted by Crippen LogP contribution is 2.25. The van der Waals surface area contributed by atoms with Gasteiger partial charge in [-0.25, -0.2) is 18.0 Å². The lowest BCUT2D eigenvalue weighted by atomic mass is 10.0. The first kappa shape index (κ1) is 17.4. The van der Waals surface area contributed by atoms with Crippen molar-refractivity contribution in [2.24, 2.45) is 0 Å². The quantitative estimate of drug-likeness (QED) is 0.349. The molecule has 2 atom stereocenters. The number of carbonyl (C=O) groups is 2. The van der Waals surface area contributed by atoms with Gasteiger partial charge in [-0.3, -0.25) is 4.79 Å². The summed E-state index contributed by atoms with van der Waals surface area (Å²) in [5, 5.41) is 1.25. The molecule has 0 aromatic heterocycles. The zero-order valence-corrected chi connectivity index (χ0v) is 14.2. The molecule has 1 aliphatic rings. The maximum absolute atomic E-state index is 14.1. The van der Waals surface area contributed by atoms with Crippen LogP contribution in [-0.2, 0) is 9.47 Å². The number of hydrogen-bond donors (Lipinski definition) is 1. The molecular weight excluding hydrogens is 395 g/mol. The number of hydrogen-bond acceptors (Lipinski definition) is 5. The van der Waals surface area contributed by atoms with Crippen LogP contribution in [0.25, 0.3) is 0 Å². The first-order chi connectivity index (χ1) is 11.8. The lowest BCUT2D eigenvalue weighted by Crippen LogP contribution is -2.40. The Morgan fingerprint density at radius 1 is 1.50 bits per heavy atom. The van der Waals surface area contributed by atoms with E-state index in [9.17, 15) is 22.8 Å². The number of ether oxygens (including phenoxy) is 2. The predicted octanol–water partition coefficient (Wildman–Crippen LogP) is 2.22. The third kappa shape index (κ3) is 3.96. The van der Waals surface area contributed by atoms with E-state index in [1.807, 2.05) is 0 Å². The first-order valence-corrected chi connectivity index (χ1v) is 7.97. The molecule has 1 N–H and O–H groups in total. The minimum absolute atomic E-state index is 0.0491. The van der Waals surface area contributed by atoms with E-state index in [4.69, 9.17) is 6.15 Å². The fourth-order valence-electron chi connectivity index (χ4n) is 2.29. The Hall–Kier alpha value is -1.45. The second-order valence-electron chi connectivity index (χ2n) is 5.09. The molecule has 0 saturated carbocycles. The highest BCUT2D eigenvalue weighted by atomic mass is 79.9. The second-order valence-corrected chi connectivity index (χ2v) is 6.20. The summed E-state index contributed by atoms with van der Waals surface area (Å²) in [6, 6.07) is 0.430. The molecule has 1 aromatic rings. The Bertz CT molecular complexity index is 691. The maximum Gasteiger partial charge on any atom is 0.341 e. The standard InChI is InChI=1S/C15H15BrF3NO4/c1-23-15(22)8-5-10(17)11(13(19)12(8)18)14(21)9(16)4-7-6-20-2-3-24-7/h5,7,9,20H,2-4,6H2,1H3/t7-,9?/m0/s1/i/hD. The van der Waals surface area contributed by atoms with Gasteiger partial charge in [-0.15, -0.1) is 0 Å². The highest BCUT2D eigenvalue weighted by molar-refractivity contribution is 9.10. The number of alkyl halides is 1. The summed E-state index contributed by atoms with van der Waals surface area (Å²) in [7, 11) is 0.935. The normalized spacial score (nSPS) is 20.4. The highest BCUT2D eigenvalue weighted by Gasteiger charge is 2.31. The van der Waals surface area contributed by atoms with Crippen LogP contribution in [0.5, 0.6) is 0 Å². The molecule has 0 spiro atoms. The zero-order valence-electron chi connectivity index (χ0n) is 13.7. The van der Waals surface area contributed by atoms with E-state index in [0.717, 1.165) is 7.11 Å². The SMILES string of the molecule is [2H]N1CCO[C@@H](CC(Br)C(=O)c2c(F)cc(C(=O)OC)c(F)c2F)C1. The number of rotatable bonds is 5. The minimum Gasteiger partial charge on any atom is -0.465 e. The van der Waals surface area contributed by atoms with Gasteiger partial charge < -0.3 is 14.8 Å². The van der Waals surface area contributed by atoms with Crippen LogP contribution in [0, 0.1) is 17.5 Å². The van der Waals surface area contributed by atoms with Crippen molar-refractivity contribution in [3.05, 3.63) is 34.6 Å². The molecule has 1 unspecified atom stereocenters. The van der Waals surface area contributed by atoms with Gasteiger partial charge in [-0.1, -0.05) is 15.9 Å². The summed E-state index contributed by atoms with van der Waals surface area (Å²) in [4.78, 5) is 22.6. The Morgan fingerprint density at radius 2 is 2.21 bits per heavy atom. The van der Waals surface area contributed by atoms with Crippen LogP contribution in [0.2, 0.25) is 1.41 Å². The van der Waals surface area contributed by atoms with Crippen molar-refractivity contribution in [1.82, 2.24) is 5.31 Å². The minimum atomic E-state index is -1.75. The number of halogens is 4. The summed E-state index contributed by atoms with van der Waals surface area (Å²) in [6.07, 6.45) is -0.433. The summed E-state index contributed by atoms with van der Waals surface area (Å²) < 4.78 is 59.4. The smallest absolute Gasteiger partial charge is 0.341 e. The van der Waals surface area contributed by atoms with Crippen LogP contribution in [0.4, 0.5) is 13.2 Å². The van der Waals surface area contributed by atoms with Crippen LogP contribution in [0.3, 0.4) is 0 Å². The number of ketones is 1. The Balaban J connectivity index is 2.23. The van der Waals surface area contributed by atoms with E-state index in [0.29, 0.717) is 19.2 Å². The van der Waals surface area contributed by atoms with Gasteiger partial charge in [0.05, 0.1) is 30.2 Å². The van der Waals surface area contributed by atoms with Crippen LogP contribution in [0.15, 0.2) is 6.07 Å². The molecule has 0 radical (unpaired) electrons. The molecular formula is C15H15BrF3NO4. The fraction of sp³-hybridized carbons (Fsp3) is 0.467. The zero-order chi connectivity index (χ0) is 18.7. The first-order valence-electron chi connectivity index (χ1n) is 7.50. The van der Waals surface area contributed by atoms with Crippen LogP contribution >= 0.6 is 15.9 Å². The van der Waals surface area contributed by atoms with Crippen LogP contribution in [0.1, 0.15) is 27.1 Å². The molecule has 132 valence electrons. The van der Waals surface area contributed by atoms with Crippen LogP contribution in [-0.4, -0.2) is 49.5 Å². The Labute approximate surface area is 146 Å². The molecule has 1 aliphatic heterocycles. The summed E-state index contributed by atoms with van der Waals surface area (Å²) >= 11 is 3.03. The lowest BCUT2D eigenvalue weighted by molar-refractivity contribution is 0.0236. The molecule has 0 aliphatic carbocycles. The fourth-order valence-corrected chi connectivity index (χ4v) is 2.93. The molecule has 24 heavy (non-hydrogen) atoms. The molecule has 1 saturated heterocycles. The summed E-state index contributed by atoms with van der Waals surface area (Å²) in [6.45, 7) is 0.949. The van der Waals surface area contributed by atoms with E-state index >= 15 is 0 Å². The molecule has 9 heteroatoms. The van der Waals surface area contributed by atoms with Gasteiger partial charge in [-0.2, -0.15) is 0 Å². The predicted molar refractivity (Wildman–Crippen MR) is 81.9 cm³/mol. The lowest BCUT2D eigenvalue weighted by Gasteiger charge is -2.25. The van der Waals surface area contributed by atoms with Gasteiger partial charge in [0.2, 0.25) is 0 Å². The van der Waals surface area contributed by atoms with E-state index in [-0.39, 0.29) is 13.0 Å². The van der Waals surface area contributed by atoms with Crippen LogP contribution < -0.4 is 5.31 Å². The van der Waals surface area contributed by atoms with E-state index in [1.165, 1.54) is 5.31 Å². The maximum atomic E-state index is 14.1. The van der Waals surface area contributed by atoms with E-state index in [1.54, 1.807) is 0 Å². The second kappa shape index (κ2) is 8.09. The third-order valence-electron chi connectivity index (χ3n) is 3.50. The van der Waals surface area contributed by atoms with Gasteiger partial charge in [0.1, 0.15) is 12.8 Å². The number of esters is 1. The summed E-state index contributed by atoms with van der Waals surface area (Å²) in [5.41, 5.74) is -2.01. The largest absolute Gasteiger partial charge is 0.465 e. The van der Waals surface area contributed by atoms with Crippen molar-refractivity contribution >= 4 is 27.7 Å². The molecule has 1 heterocycles. The van der Waals surface area contributed by atoms with E-state index < -0.39 is 51.3 Å². The molecule has 0 bridgehead atoms. The van der Waals surface area contributed by atoms with Crippen molar-refractivity contribution in [3.8, 4) is 0 Å². The summed E-state index contributed by atoms with van der Waals surface area (Å²) in [5.74, 6) is -7.03. The average Bonchev–Trinajstić information content (AvgIpc) is 2.57. The van der Waals surface area contributed by atoms with Crippen molar-refractivity contribution in [1.29, 1.82) is 0 Å². The molecule has 5 nitrogen and oxygen atoms in total. The number of carbonyl (C=O) groups excluding carboxylic acids is 2. The van der Waals surface area contributed by atoms with Gasteiger partial charge in [0.15, 0.2) is 17.4 Å².